The monoisotopic (exact) mass is 105 g/mol. The number of hydrogen-bond acceptors (Lipinski definition) is 1. The molecular formula is C3H8NOP. The fraction of sp³-hybridized carbons (Fsp3) is 1.00. The molecule has 0 spiro atoms. The lowest BCUT2D eigenvalue weighted by Gasteiger charge is -2.21. The van der Waals surface area contributed by atoms with Crippen LogP contribution in [0.3, 0.4) is 0 Å². The van der Waals surface area contributed by atoms with Gasteiger partial charge in [0, 0.05) is 12.2 Å². The van der Waals surface area contributed by atoms with Crippen molar-refractivity contribution in [3.05, 3.63) is 0 Å². The van der Waals surface area contributed by atoms with Crippen molar-refractivity contribution in [3.8, 4) is 0 Å². The minimum atomic E-state index is -1.24. The lowest BCUT2D eigenvalue weighted by Crippen LogP contribution is -2.33. The van der Waals surface area contributed by atoms with Crippen molar-refractivity contribution < 1.29 is 4.57 Å². The van der Waals surface area contributed by atoms with E-state index in [2.05, 4.69) is 5.09 Å². The van der Waals surface area contributed by atoms with Gasteiger partial charge >= 0.3 is 0 Å². The predicted octanol–water partition coefficient (Wildman–Crippen LogP) is 0.453. The van der Waals surface area contributed by atoms with Gasteiger partial charge < -0.3 is 4.57 Å². The molecule has 1 saturated heterocycles. The molecule has 0 radical (unpaired) electrons. The Morgan fingerprint density at radius 2 is 2.50 bits per heavy atom. The van der Waals surface area contributed by atoms with Gasteiger partial charge in [-0.2, -0.15) is 0 Å². The van der Waals surface area contributed by atoms with E-state index in [1.807, 2.05) is 6.92 Å². The van der Waals surface area contributed by atoms with Gasteiger partial charge in [-0.25, -0.2) is 0 Å². The predicted molar refractivity (Wildman–Crippen MR) is 26.5 cm³/mol. The molecule has 1 fully saturated rings. The highest BCUT2D eigenvalue weighted by atomic mass is 31.1. The lowest BCUT2D eigenvalue weighted by atomic mass is 10.4. The molecule has 2 unspecified atom stereocenters. The average Bonchev–Trinajstić information content (AvgIpc) is 1.33. The van der Waals surface area contributed by atoms with Gasteiger partial charge in [0.1, 0.15) is 7.95 Å². The van der Waals surface area contributed by atoms with E-state index in [-0.39, 0.29) is 0 Å². The Morgan fingerprint density at radius 1 is 2.00 bits per heavy atom. The molecule has 0 aromatic heterocycles. The van der Waals surface area contributed by atoms with E-state index in [1.54, 1.807) is 0 Å². The van der Waals surface area contributed by atoms with Crippen molar-refractivity contribution in [2.75, 3.05) is 6.16 Å². The maximum atomic E-state index is 10.2. The SMILES string of the molecule is CC1C[PH](=O)N1. The van der Waals surface area contributed by atoms with Gasteiger partial charge in [-0.15, -0.1) is 0 Å². The van der Waals surface area contributed by atoms with Crippen LogP contribution in [0.25, 0.3) is 0 Å². The van der Waals surface area contributed by atoms with Gasteiger partial charge in [-0.3, -0.25) is 5.09 Å². The Labute approximate surface area is 37.8 Å². The molecular weight excluding hydrogens is 97.0 g/mol. The lowest BCUT2D eigenvalue weighted by molar-refractivity contribution is 0.543. The third-order valence-electron chi connectivity index (χ3n) is 0.899. The molecule has 1 aliphatic heterocycles. The molecule has 0 aromatic rings. The van der Waals surface area contributed by atoms with Gasteiger partial charge in [0.05, 0.1) is 0 Å². The van der Waals surface area contributed by atoms with E-state index >= 15 is 0 Å². The normalized spacial score (nSPS) is 44.8. The topological polar surface area (TPSA) is 29.1 Å². The van der Waals surface area contributed by atoms with E-state index in [9.17, 15) is 4.57 Å². The Bertz CT molecular complexity index is 74.9. The molecule has 6 heavy (non-hydrogen) atoms. The fourth-order valence-electron chi connectivity index (χ4n) is 0.532. The number of hydrogen-bond donors (Lipinski definition) is 1. The summed E-state index contributed by atoms with van der Waals surface area (Å²) in [6.45, 7) is 2.03. The summed E-state index contributed by atoms with van der Waals surface area (Å²) in [5.41, 5.74) is 0. The number of rotatable bonds is 0. The van der Waals surface area contributed by atoms with Crippen LogP contribution >= 0.6 is 7.95 Å². The molecule has 36 valence electrons. The highest BCUT2D eigenvalue weighted by molar-refractivity contribution is 7.44. The Balaban J connectivity index is 2.28. The molecule has 1 rings (SSSR count). The first-order chi connectivity index (χ1) is 2.79. The van der Waals surface area contributed by atoms with Gasteiger partial charge in [0.2, 0.25) is 0 Å². The van der Waals surface area contributed by atoms with Gasteiger partial charge in [0.15, 0.2) is 0 Å². The van der Waals surface area contributed by atoms with Gasteiger partial charge in [0.25, 0.3) is 0 Å². The van der Waals surface area contributed by atoms with Crippen molar-refractivity contribution in [1.29, 1.82) is 0 Å². The average molecular weight is 105 g/mol. The second-order valence-corrected chi connectivity index (χ2v) is 3.22. The van der Waals surface area contributed by atoms with Crippen molar-refractivity contribution in [2.24, 2.45) is 0 Å². The van der Waals surface area contributed by atoms with Crippen LogP contribution in [0.2, 0.25) is 0 Å². The van der Waals surface area contributed by atoms with E-state index in [4.69, 9.17) is 0 Å². The molecule has 1 heterocycles. The van der Waals surface area contributed by atoms with Crippen LogP contribution in [0.15, 0.2) is 0 Å². The van der Waals surface area contributed by atoms with Crippen molar-refractivity contribution in [1.82, 2.24) is 5.09 Å². The largest absolute Gasteiger partial charge is 0.310 e. The summed E-state index contributed by atoms with van der Waals surface area (Å²) in [5, 5.41) is 2.85. The second kappa shape index (κ2) is 1.36. The first-order valence-electron chi connectivity index (χ1n) is 2.08. The standard InChI is InChI=1S/C3H8NOP/c1-3-2-6(5)4-3/h3,6H,2H2,1H3,(H,4,5). The number of nitrogens with one attached hydrogen (secondary N) is 1. The highest BCUT2D eigenvalue weighted by Gasteiger charge is 2.17. The molecule has 0 amide bonds. The summed E-state index contributed by atoms with van der Waals surface area (Å²) in [6.07, 6.45) is 0.907. The van der Waals surface area contributed by atoms with Crippen LogP contribution in [-0.2, 0) is 4.57 Å². The first kappa shape index (κ1) is 4.35. The molecule has 2 atom stereocenters. The van der Waals surface area contributed by atoms with Crippen LogP contribution in [0.5, 0.6) is 0 Å². The van der Waals surface area contributed by atoms with Gasteiger partial charge in [-0.1, -0.05) is 0 Å². The van der Waals surface area contributed by atoms with Crippen LogP contribution in [-0.4, -0.2) is 12.2 Å². The fourth-order valence-corrected chi connectivity index (χ4v) is 1.60. The van der Waals surface area contributed by atoms with E-state index in [1.165, 1.54) is 0 Å². The molecule has 0 aliphatic carbocycles. The zero-order valence-corrected chi connectivity index (χ0v) is 4.69. The maximum Gasteiger partial charge on any atom is 0.138 e. The summed E-state index contributed by atoms with van der Waals surface area (Å²) < 4.78 is 10.2. The minimum absolute atomic E-state index is 0.524. The Kier molecular flexibility index (Phi) is 0.985. The van der Waals surface area contributed by atoms with Crippen molar-refractivity contribution >= 4 is 7.95 Å². The molecule has 0 bridgehead atoms. The summed E-state index contributed by atoms with van der Waals surface area (Å²) in [7, 11) is -1.24. The molecule has 2 nitrogen and oxygen atoms in total. The molecule has 1 aliphatic rings. The zero-order chi connectivity index (χ0) is 4.57. The van der Waals surface area contributed by atoms with Crippen LogP contribution in [0, 0.1) is 0 Å². The van der Waals surface area contributed by atoms with Crippen molar-refractivity contribution in [2.45, 2.75) is 13.0 Å². The molecule has 0 saturated carbocycles. The van der Waals surface area contributed by atoms with E-state index in [0.717, 1.165) is 6.16 Å². The van der Waals surface area contributed by atoms with Crippen molar-refractivity contribution in [3.63, 3.8) is 0 Å². The van der Waals surface area contributed by atoms with E-state index < -0.39 is 7.95 Å². The summed E-state index contributed by atoms with van der Waals surface area (Å²) in [5.74, 6) is 0. The molecule has 3 heteroatoms. The third kappa shape index (κ3) is 0.636. The maximum absolute atomic E-state index is 10.2. The summed E-state index contributed by atoms with van der Waals surface area (Å²) in [6, 6.07) is 0.524. The Hall–Kier alpha value is 0.190. The van der Waals surface area contributed by atoms with Crippen LogP contribution in [0.1, 0.15) is 6.92 Å². The third-order valence-corrected chi connectivity index (χ3v) is 2.70. The summed E-state index contributed by atoms with van der Waals surface area (Å²) in [4.78, 5) is 0. The van der Waals surface area contributed by atoms with E-state index in [0.29, 0.717) is 6.04 Å². The van der Waals surface area contributed by atoms with Crippen LogP contribution < -0.4 is 5.09 Å². The first-order valence-corrected chi connectivity index (χ1v) is 3.70. The zero-order valence-electron chi connectivity index (χ0n) is 3.69. The summed E-state index contributed by atoms with van der Waals surface area (Å²) >= 11 is 0. The van der Waals surface area contributed by atoms with Crippen LogP contribution in [0.4, 0.5) is 0 Å². The smallest absolute Gasteiger partial charge is 0.138 e. The highest BCUT2D eigenvalue weighted by Crippen LogP contribution is 2.26. The minimum Gasteiger partial charge on any atom is -0.310 e. The Morgan fingerprint density at radius 3 is 2.50 bits per heavy atom. The molecule has 0 aromatic carbocycles. The second-order valence-electron chi connectivity index (χ2n) is 1.67. The van der Waals surface area contributed by atoms with Gasteiger partial charge in [-0.05, 0) is 6.92 Å². The quantitative estimate of drug-likeness (QED) is 0.453. The molecule has 1 N–H and O–H groups in total.